The number of nitrogens with zero attached hydrogens (tertiary/aromatic N) is 2. The van der Waals surface area contributed by atoms with Crippen molar-refractivity contribution in [3.63, 3.8) is 0 Å². The minimum atomic E-state index is 0.275. The summed E-state index contributed by atoms with van der Waals surface area (Å²) >= 11 is 0. The van der Waals surface area contributed by atoms with E-state index in [1.54, 1.807) is 6.26 Å². The van der Waals surface area contributed by atoms with E-state index >= 15 is 0 Å². The van der Waals surface area contributed by atoms with Gasteiger partial charge in [0.15, 0.2) is 0 Å². The molecule has 3 heterocycles. The second kappa shape index (κ2) is 6.09. The first-order valence-electron chi connectivity index (χ1n) is 7.14. The number of hydrogen-bond donors (Lipinski definition) is 0. The molecule has 4 nitrogen and oxygen atoms in total. The molecule has 1 saturated heterocycles. The zero-order valence-corrected chi connectivity index (χ0v) is 11.8. The van der Waals surface area contributed by atoms with Crippen LogP contribution in [0.1, 0.15) is 24.3 Å². The van der Waals surface area contributed by atoms with Crippen LogP contribution >= 0.6 is 0 Å². The molecular weight excluding hydrogens is 252 g/mol. The highest BCUT2D eigenvalue weighted by atomic mass is 16.5. The van der Waals surface area contributed by atoms with Gasteiger partial charge in [0.05, 0.1) is 12.8 Å². The maximum atomic E-state index is 5.96. The summed E-state index contributed by atoms with van der Waals surface area (Å²) < 4.78 is 11.3. The Morgan fingerprint density at radius 3 is 2.80 bits per heavy atom. The van der Waals surface area contributed by atoms with Gasteiger partial charge in [-0.05, 0) is 38.0 Å². The summed E-state index contributed by atoms with van der Waals surface area (Å²) in [6.07, 6.45) is 4.08. The minimum Gasteiger partial charge on any atom is -0.474 e. The second-order valence-electron chi connectivity index (χ2n) is 5.29. The quantitative estimate of drug-likeness (QED) is 0.857. The summed E-state index contributed by atoms with van der Waals surface area (Å²) in [5.74, 6) is 1.78. The van der Waals surface area contributed by atoms with Crippen molar-refractivity contribution in [3.05, 3.63) is 48.0 Å². The Morgan fingerprint density at radius 2 is 2.10 bits per heavy atom. The van der Waals surface area contributed by atoms with Gasteiger partial charge in [0.2, 0.25) is 5.88 Å². The van der Waals surface area contributed by atoms with Gasteiger partial charge in [0, 0.05) is 24.8 Å². The van der Waals surface area contributed by atoms with Gasteiger partial charge in [-0.3, -0.25) is 4.90 Å². The second-order valence-corrected chi connectivity index (χ2v) is 5.29. The average Bonchev–Trinajstić information content (AvgIpc) is 2.94. The van der Waals surface area contributed by atoms with Crippen LogP contribution in [0.15, 0.2) is 41.0 Å². The fourth-order valence-electron chi connectivity index (χ4n) is 2.56. The Hall–Kier alpha value is -1.81. The van der Waals surface area contributed by atoms with Gasteiger partial charge in [-0.25, -0.2) is 4.98 Å². The van der Waals surface area contributed by atoms with E-state index in [4.69, 9.17) is 9.15 Å². The molecule has 0 atom stereocenters. The van der Waals surface area contributed by atoms with E-state index in [1.165, 1.54) is 0 Å². The zero-order chi connectivity index (χ0) is 13.8. The van der Waals surface area contributed by atoms with Crippen LogP contribution in [0, 0.1) is 6.92 Å². The lowest BCUT2D eigenvalue weighted by molar-refractivity contribution is 0.0894. The number of hydrogen-bond acceptors (Lipinski definition) is 4. The van der Waals surface area contributed by atoms with Crippen LogP contribution in [0.4, 0.5) is 0 Å². The third-order valence-electron chi connectivity index (χ3n) is 3.64. The van der Waals surface area contributed by atoms with Crippen molar-refractivity contribution in [1.29, 1.82) is 0 Å². The van der Waals surface area contributed by atoms with Crippen LogP contribution in [-0.4, -0.2) is 29.1 Å². The molecule has 4 heteroatoms. The van der Waals surface area contributed by atoms with E-state index < -0.39 is 0 Å². The highest BCUT2D eigenvalue weighted by molar-refractivity contribution is 5.15. The molecule has 0 saturated carbocycles. The number of likely N-dealkylation sites (tertiary alicyclic amines) is 1. The lowest BCUT2D eigenvalue weighted by Gasteiger charge is -2.31. The number of aryl methyl sites for hydroxylation is 1. The average molecular weight is 272 g/mol. The van der Waals surface area contributed by atoms with Crippen LogP contribution in [0.2, 0.25) is 0 Å². The molecule has 1 aliphatic heterocycles. The molecule has 0 spiro atoms. The fourth-order valence-corrected chi connectivity index (χ4v) is 2.56. The Balaban J connectivity index is 1.48. The SMILES string of the molecule is Cc1cccc(OC2CCN(Cc3ccco3)CC2)n1. The molecule has 0 aromatic carbocycles. The van der Waals surface area contributed by atoms with Crippen molar-refractivity contribution in [2.75, 3.05) is 13.1 Å². The molecule has 0 unspecified atom stereocenters. The molecule has 20 heavy (non-hydrogen) atoms. The topological polar surface area (TPSA) is 38.5 Å². The molecule has 0 N–H and O–H groups in total. The first-order valence-corrected chi connectivity index (χ1v) is 7.14. The van der Waals surface area contributed by atoms with Gasteiger partial charge in [-0.15, -0.1) is 0 Å². The standard InChI is InChI=1S/C16H20N2O2/c1-13-4-2-6-16(17-13)20-14-7-9-18(10-8-14)12-15-5-3-11-19-15/h2-6,11,14H,7-10,12H2,1H3. The fraction of sp³-hybridized carbons (Fsp3) is 0.438. The maximum Gasteiger partial charge on any atom is 0.213 e. The van der Waals surface area contributed by atoms with E-state index in [1.807, 2.05) is 37.3 Å². The summed E-state index contributed by atoms with van der Waals surface area (Å²) in [4.78, 5) is 6.80. The third-order valence-corrected chi connectivity index (χ3v) is 3.64. The molecule has 0 radical (unpaired) electrons. The van der Waals surface area contributed by atoms with Gasteiger partial charge in [0.1, 0.15) is 11.9 Å². The number of pyridine rings is 1. The predicted molar refractivity (Wildman–Crippen MR) is 76.6 cm³/mol. The van der Waals surface area contributed by atoms with Crippen molar-refractivity contribution in [3.8, 4) is 5.88 Å². The molecule has 0 bridgehead atoms. The Morgan fingerprint density at radius 1 is 1.25 bits per heavy atom. The Kier molecular flexibility index (Phi) is 4.02. The highest BCUT2D eigenvalue weighted by Crippen LogP contribution is 2.19. The predicted octanol–water partition coefficient (Wildman–Crippen LogP) is 3.03. The van der Waals surface area contributed by atoms with Crippen LogP contribution in [0.25, 0.3) is 0 Å². The summed E-state index contributed by atoms with van der Waals surface area (Å²) in [7, 11) is 0. The van der Waals surface area contributed by atoms with Gasteiger partial charge >= 0.3 is 0 Å². The first kappa shape index (κ1) is 13.2. The van der Waals surface area contributed by atoms with Gasteiger partial charge < -0.3 is 9.15 Å². The van der Waals surface area contributed by atoms with E-state index in [0.29, 0.717) is 0 Å². The lowest BCUT2D eigenvalue weighted by atomic mass is 10.1. The van der Waals surface area contributed by atoms with Crippen LogP contribution in [0.3, 0.4) is 0 Å². The molecule has 0 amide bonds. The number of furan rings is 1. The van der Waals surface area contributed by atoms with Gasteiger partial charge in [-0.2, -0.15) is 0 Å². The van der Waals surface area contributed by atoms with E-state index in [0.717, 1.165) is 49.8 Å². The van der Waals surface area contributed by atoms with Crippen molar-refractivity contribution in [2.45, 2.75) is 32.4 Å². The largest absolute Gasteiger partial charge is 0.474 e. The number of rotatable bonds is 4. The normalized spacial score (nSPS) is 17.2. The minimum absolute atomic E-state index is 0.275. The Labute approximate surface area is 119 Å². The first-order chi connectivity index (χ1) is 9.79. The zero-order valence-electron chi connectivity index (χ0n) is 11.8. The van der Waals surface area contributed by atoms with Crippen LogP contribution < -0.4 is 4.74 Å². The Bertz CT molecular complexity index is 531. The van der Waals surface area contributed by atoms with Crippen molar-refractivity contribution in [2.24, 2.45) is 0 Å². The number of ether oxygens (including phenoxy) is 1. The molecule has 1 aliphatic rings. The molecule has 3 rings (SSSR count). The lowest BCUT2D eigenvalue weighted by Crippen LogP contribution is -2.37. The van der Waals surface area contributed by atoms with Crippen molar-refractivity contribution >= 4 is 0 Å². The smallest absolute Gasteiger partial charge is 0.213 e. The highest BCUT2D eigenvalue weighted by Gasteiger charge is 2.21. The van der Waals surface area contributed by atoms with Crippen molar-refractivity contribution < 1.29 is 9.15 Å². The van der Waals surface area contributed by atoms with E-state index in [2.05, 4.69) is 9.88 Å². The van der Waals surface area contributed by atoms with Gasteiger partial charge in [-0.1, -0.05) is 6.07 Å². The number of piperidine rings is 1. The molecule has 1 fully saturated rings. The molecule has 2 aromatic rings. The molecule has 106 valence electrons. The van der Waals surface area contributed by atoms with Crippen molar-refractivity contribution in [1.82, 2.24) is 9.88 Å². The van der Waals surface area contributed by atoms with Crippen LogP contribution in [0.5, 0.6) is 5.88 Å². The maximum absolute atomic E-state index is 5.96. The summed E-state index contributed by atoms with van der Waals surface area (Å²) in [6, 6.07) is 9.87. The summed E-state index contributed by atoms with van der Waals surface area (Å²) in [6.45, 7) is 4.95. The van der Waals surface area contributed by atoms with E-state index in [-0.39, 0.29) is 6.10 Å². The van der Waals surface area contributed by atoms with Crippen LogP contribution in [-0.2, 0) is 6.54 Å². The molecular formula is C16H20N2O2. The summed E-state index contributed by atoms with van der Waals surface area (Å²) in [5.41, 5.74) is 0.998. The summed E-state index contributed by atoms with van der Waals surface area (Å²) in [5, 5.41) is 0. The molecule has 2 aromatic heterocycles. The number of aromatic nitrogens is 1. The van der Waals surface area contributed by atoms with Gasteiger partial charge in [0.25, 0.3) is 0 Å². The monoisotopic (exact) mass is 272 g/mol. The van der Waals surface area contributed by atoms with E-state index in [9.17, 15) is 0 Å². The third kappa shape index (κ3) is 3.39. The molecule has 0 aliphatic carbocycles.